The molecule has 20 heavy (non-hydrogen) atoms. The van der Waals surface area contributed by atoms with Crippen molar-refractivity contribution in [3.8, 4) is 5.75 Å². The Morgan fingerprint density at radius 3 is 2.95 bits per heavy atom. The molecule has 2 aliphatic heterocycles. The largest absolute Gasteiger partial charge is 0.493 e. The Balaban J connectivity index is 1.66. The van der Waals surface area contributed by atoms with Crippen molar-refractivity contribution in [2.45, 2.75) is 44.2 Å². The van der Waals surface area contributed by atoms with Gasteiger partial charge in [0.25, 0.3) is 0 Å². The third kappa shape index (κ3) is 3.54. The highest BCUT2D eigenvalue weighted by Crippen LogP contribution is 2.33. The monoisotopic (exact) mass is 339 g/mol. The van der Waals surface area contributed by atoms with Crippen LogP contribution in [0.5, 0.6) is 5.75 Å². The molecule has 0 amide bonds. The molecule has 3 nitrogen and oxygen atoms in total. The second kappa shape index (κ2) is 6.92. The standard InChI is InChI=1S/C16H22BrNO2/c17-12-6-7-14-15(5-3-9-20-16(14)10-12)18-11-13-4-1-2-8-19-13/h6-7,10,13,15,18H,1-5,8-9,11H2. The van der Waals surface area contributed by atoms with Crippen LogP contribution < -0.4 is 10.1 Å². The van der Waals surface area contributed by atoms with Gasteiger partial charge >= 0.3 is 0 Å². The topological polar surface area (TPSA) is 30.5 Å². The van der Waals surface area contributed by atoms with E-state index in [1.54, 1.807) is 0 Å². The van der Waals surface area contributed by atoms with Gasteiger partial charge in [0.1, 0.15) is 5.75 Å². The third-order valence-electron chi connectivity index (χ3n) is 4.11. The Morgan fingerprint density at radius 1 is 1.15 bits per heavy atom. The summed E-state index contributed by atoms with van der Waals surface area (Å²) >= 11 is 3.52. The van der Waals surface area contributed by atoms with Crippen LogP contribution in [0.15, 0.2) is 22.7 Å². The second-order valence-corrected chi connectivity index (χ2v) is 6.54. The molecule has 1 N–H and O–H groups in total. The number of ether oxygens (including phenoxy) is 2. The maximum absolute atomic E-state index is 5.85. The number of benzene rings is 1. The lowest BCUT2D eigenvalue weighted by Gasteiger charge is -2.26. The van der Waals surface area contributed by atoms with E-state index < -0.39 is 0 Å². The molecule has 2 heterocycles. The van der Waals surface area contributed by atoms with Crippen LogP contribution in [-0.2, 0) is 4.74 Å². The molecule has 4 heteroatoms. The highest BCUT2D eigenvalue weighted by molar-refractivity contribution is 9.10. The molecule has 0 spiro atoms. The first-order chi connectivity index (χ1) is 9.83. The molecule has 3 rings (SSSR count). The molecule has 2 atom stereocenters. The highest BCUT2D eigenvalue weighted by Gasteiger charge is 2.21. The van der Waals surface area contributed by atoms with E-state index in [1.807, 2.05) is 0 Å². The quantitative estimate of drug-likeness (QED) is 0.907. The summed E-state index contributed by atoms with van der Waals surface area (Å²) in [5, 5.41) is 3.69. The van der Waals surface area contributed by atoms with Crippen LogP contribution in [0.25, 0.3) is 0 Å². The maximum Gasteiger partial charge on any atom is 0.125 e. The normalized spacial score (nSPS) is 26.4. The summed E-state index contributed by atoms with van der Waals surface area (Å²) in [7, 11) is 0. The van der Waals surface area contributed by atoms with Crippen LogP contribution in [0.1, 0.15) is 43.7 Å². The fraction of sp³-hybridized carbons (Fsp3) is 0.625. The average Bonchev–Trinajstić information content (AvgIpc) is 2.68. The number of halogens is 1. The van der Waals surface area contributed by atoms with E-state index in [0.29, 0.717) is 12.1 Å². The molecule has 1 fully saturated rings. The predicted molar refractivity (Wildman–Crippen MR) is 83.2 cm³/mol. The number of rotatable bonds is 3. The van der Waals surface area contributed by atoms with Gasteiger partial charge in [-0.2, -0.15) is 0 Å². The SMILES string of the molecule is Brc1ccc2c(c1)OCCCC2NCC1CCCCO1. The summed E-state index contributed by atoms with van der Waals surface area (Å²) in [5.74, 6) is 1.01. The van der Waals surface area contributed by atoms with Gasteiger partial charge in [-0.3, -0.25) is 0 Å². The lowest BCUT2D eigenvalue weighted by molar-refractivity contribution is 0.0152. The minimum Gasteiger partial charge on any atom is -0.493 e. The van der Waals surface area contributed by atoms with Gasteiger partial charge in [-0.05, 0) is 44.2 Å². The van der Waals surface area contributed by atoms with Crippen molar-refractivity contribution in [3.63, 3.8) is 0 Å². The Labute approximate surface area is 129 Å². The molecule has 1 saturated heterocycles. The highest BCUT2D eigenvalue weighted by atomic mass is 79.9. The van der Waals surface area contributed by atoms with Crippen molar-refractivity contribution in [1.29, 1.82) is 0 Å². The lowest BCUT2D eigenvalue weighted by Crippen LogP contribution is -2.34. The summed E-state index contributed by atoms with van der Waals surface area (Å²) in [6.07, 6.45) is 6.29. The first-order valence-electron chi connectivity index (χ1n) is 7.60. The summed E-state index contributed by atoms with van der Waals surface area (Å²) in [6, 6.07) is 6.72. The molecular formula is C16H22BrNO2. The van der Waals surface area contributed by atoms with Gasteiger partial charge in [-0.15, -0.1) is 0 Å². The number of hydrogen-bond acceptors (Lipinski definition) is 3. The van der Waals surface area contributed by atoms with E-state index in [-0.39, 0.29) is 0 Å². The van der Waals surface area contributed by atoms with E-state index >= 15 is 0 Å². The Hall–Kier alpha value is -0.580. The average molecular weight is 340 g/mol. The van der Waals surface area contributed by atoms with Gasteiger partial charge in [0.2, 0.25) is 0 Å². The molecule has 1 aromatic rings. The van der Waals surface area contributed by atoms with E-state index in [2.05, 4.69) is 39.4 Å². The zero-order chi connectivity index (χ0) is 13.8. The van der Waals surface area contributed by atoms with Crippen LogP contribution in [0.3, 0.4) is 0 Å². The number of fused-ring (bicyclic) bond motifs is 1. The molecule has 0 radical (unpaired) electrons. The smallest absolute Gasteiger partial charge is 0.125 e. The molecular weight excluding hydrogens is 318 g/mol. The van der Waals surface area contributed by atoms with Crippen LogP contribution >= 0.6 is 15.9 Å². The minimum atomic E-state index is 0.381. The maximum atomic E-state index is 5.85. The van der Waals surface area contributed by atoms with E-state index in [9.17, 15) is 0 Å². The Morgan fingerprint density at radius 2 is 2.10 bits per heavy atom. The van der Waals surface area contributed by atoms with Crippen molar-refractivity contribution in [1.82, 2.24) is 5.32 Å². The first-order valence-corrected chi connectivity index (χ1v) is 8.39. The van der Waals surface area contributed by atoms with Crippen LogP contribution in [0.2, 0.25) is 0 Å². The van der Waals surface area contributed by atoms with Crippen molar-refractivity contribution in [2.75, 3.05) is 19.8 Å². The van der Waals surface area contributed by atoms with Gasteiger partial charge in [-0.1, -0.05) is 22.0 Å². The summed E-state index contributed by atoms with van der Waals surface area (Å²) < 4.78 is 12.7. The Kier molecular flexibility index (Phi) is 4.97. The van der Waals surface area contributed by atoms with Crippen molar-refractivity contribution >= 4 is 15.9 Å². The molecule has 0 bridgehead atoms. The molecule has 0 aliphatic carbocycles. The second-order valence-electron chi connectivity index (χ2n) is 5.62. The first kappa shape index (κ1) is 14.4. The molecule has 2 unspecified atom stereocenters. The van der Waals surface area contributed by atoms with E-state index in [0.717, 1.165) is 42.8 Å². The van der Waals surface area contributed by atoms with E-state index in [4.69, 9.17) is 9.47 Å². The van der Waals surface area contributed by atoms with Crippen molar-refractivity contribution in [2.24, 2.45) is 0 Å². The van der Waals surface area contributed by atoms with Gasteiger partial charge in [0.05, 0.1) is 12.7 Å². The predicted octanol–water partition coefficient (Wildman–Crippen LogP) is 3.82. The molecule has 0 saturated carbocycles. The van der Waals surface area contributed by atoms with Crippen molar-refractivity contribution < 1.29 is 9.47 Å². The summed E-state index contributed by atoms with van der Waals surface area (Å²) in [6.45, 7) is 2.67. The van der Waals surface area contributed by atoms with Gasteiger partial charge in [-0.25, -0.2) is 0 Å². The third-order valence-corrected chi connectivity index (χ3v) is 4.60. The fourth-order valence-electron chi connectivity index (χ4n) is 3.00. The van der Waals surface area contributed by atoms with Crippen LogP contribution in [0.4, 0.5) is 0 Å². The van der Waals surface area contributed by atoms with E-state index in [1.165, 1.54) is 24.8 Å². The lowest BCUT2D eigenvalue weighted by atomic mass is 10.0. The molecule has 0 aromatic heterocycles. The van der Waals surface area contributed by atoms with Crippen molar-refractivity contribution in [3.05, 3.63) is 28.2 Å². The zero-order valence-corrected chi connectivity index (χ0v) is 13.3. The molecule has 1 aromatic carbocycles. The van der Waals surface area contributed by atoms with Crippen LogP contribution in [-0.4, -0.2) is 25.9 Å². The summed E-state index contributed by atoms with van der Waals surface area (Å²) in [5.41, 5.74) is 1.28. The fourth-order valence-corrected chi connectivity index (χ4v) is 3.34. The Bertz CT molecular complexity index is 446. The number of nitrogens with one attached hydrogen (secondary N) is 1. The summed E-state index contributed by atoms with van der Waals surface area (Å²) in [4.78, 5) is 0. The van der Waals surface area contributed by atoms with Gasteiger partial charge in [0, 0.05) is 29.2 Å². The van der Waals surface area contributed by atoms with Gasteiger partial charge < -0.3 is 14.8 Å². The number of hydrogen-bond donors (Lipinski definition) is 1. The zero-order valence-electron chi connectivity index (χ0n) is 11.7. The van der Waals surface area contributed by atoms with Crippen LogP contribution in [0, 0.1) is 0 Å². The molecule has 110 valence electrons. The van der Waals surface area contributed by atoms with Gasteiger partial charge in [0.15, 0.2) is 0 Å². The minimum absolute atomic E-state index is 0.381. The molecule has 2 aliphatic rings.